The van der Waals surface area contributed by atoms with E-state index in [2.05, 4.69) is 20.4 Å². The third-order valence-corrected chi connectivity index (χ3v) is 2.80. The summed E-state index contributed by atoms with van der Waals surface area (Å²) in [6.45, 7) is 3.97. The Labute approximate surface area is 110 Å². The van der Waals surface area contributed by atoms with Crippen LogP contribution in [0, 0.1) is 0 Å². The van der Waals surface area contributed by atoms with Gasteiger partial charge >= 0.3 is 5.97 Å². The van der Waals surface area contributed by atoms with Gasteiger partial charge in [-0.15, -0.1) is 11.3 Å². The number of hydrogen-bond donors (Lipinski definition) is 2. The van der Waals surface area contributed by atoms with Crippen LogP contribution in [-0.2, 0) is 20.7 Å². The molecule has 0 unspecified atom stereocenters. The maximum Gasteiger partial charge on any atom is 0.311 e. The van der Waals surface area contributed by atoms with Crippen LogP contribution >= 0.6 is 11.3 Å². The zero-order valence-electron chi connectivity index (χ0n) is 10.6. The summed E-state index contributed by atoms with van der Waals surface area (Å²) >= 11 is 1.35. The van der Waals surface area contributed by atoms with Crippen molar-refractivity contribution in [3.05, 3.63) is 11.1 Å². The fourth-order valence-electron chi connectivity index (χ4n) is 1.22. The summed E-state index contributed by atoms with van der Waals surface area (Å²) in [5.74, 6) is -0.417. The Morgan fingerprint density at radius 2 is 2.22 bits per heavy atom. The molecule has 0 saturated carbocycles. The molecule has 0 saturated heterocycles. The van der Waals surface area contributed by atoms with Gasteiger partial charge in [-0.05, 0) is 13.8 Å². The van der Waals surface area contributed by atoms with Gasteiger partial charge in [0.2, 0.25) is 5.91 Å². The fraction of sp³-hybridized carbons (Fsp3) is 0.545. The number of amides is 1. The number of anilines is 1. The van der Waals surface area contributed by atoms with Crippen LogP contribution in [0.5, 0.6) is 0 Å². The Hall–Kier alpha value is -1.63. The van der Waals surface area contributed by atoms with E-state index in [4.69, 9.17) is 0 Å². The number of carbonyl (C=O) groups excluding carboxylic acids is 2. The second-order valence-electron chi connectivity index (χ2n) is 3.97. The predicted octanol–water partition coefficient (Wildman–Crippen LogP) is 0.795. The molecule has 1 aromatic rings. The van der Waals surface area contributed by atoms with E-state index in [1.807, 2.05) is 13.8 Å². The highest BCUT2D eigenvalue weighted by atomic mass is 32.1. The van der Waals surface area contributed by atoms with Gasteiger partial charge in [-0.2, -0.15) is 0 Å². The van der Waals surface area contributed by atoms with Crippen molar-refractivity contribution >= 4 is 28.3 Å². The summed E-state index contributed by atoms with van der Waals surface area (Å²) in [7, 11) is 1.34. The van der Waals surface area contributed by atoms with Gasteiger partial charge in [-0.3, -0.25) is 9.59 Å². The van der Waals surface area contributed by atoms with E-state index in [9.17, 15) is 9.59 Å². The number of ether oxygens (including phenoxy) is 1. The molecule has 18 heavy (non-hydrogen) atoms. The first-order valence-corrected chi connectivity index (χ1v) is 6.43. The molecule has 0 bridgehead atoms. The number of aromatic nitrogens is 1. The summed E-state index contributed by atoms with van der Waals surface area (Å²) < 4.78 is 4.55. The number of esters is 1. The largest absolute Gasteiger partial charge is 0.469 e. The van der Waals surface area contributed by atoms with Crippen molar-refractivity contribution in [2.24, 2.45) is 0 Å². The first-order chi connectivity index (χ1) is 8.51. The van der Waals surface area contributed by atoms with E-state index in [0.717, 1.165) is 0 Å². The number of nitrogens with one attached hydrogen (secondary N) is 2. The van der Waals surface area contributed by atoms with Crippen molar-refractivity contribution in [1.29, 1.82) is 0 Å². The fourth-order valence-corrected chi connectivity index (χ4v) is 1.93. The summed E-state index contributed by atoms with van der Waals surface area (Å²) in [6, 6.07) is 0.116. The Bertz CT molecular complexity index is 417. The van der Waals surface area contributed by atoms with Crippen molar-refractivity contribution in [3.63, 3.8) is 0 Å². The van der Waals surface area contributed by atoms with Gasteiger partial charge in [0.1, 0.15) is 0 Å². The lowest BCUT2D eigenvalue weighted by Gasteiger charge is -2.08. The lowest BCUT2D eigenvalue weighted by molar-refractivity contribution is -0.139. The number of methoxy groups -OCH3 is 1. The number of hydrogen-bond acceptors (Lipinski definition) is 6. The molecule has 0 aliphatic heterocycles. The van der Waals surface area contributed by atoms with Crippen LogP contribution in [0.3, 0.4) is 0 Å². The minimum atomic E-state index is -0.329. The molecule has 0 aliphatic carbocycles. The lowest BCUT2D eigenvalue weighted by Crippen LogP contribution is -2.34. The quantitative estimate of drug-likeness (QED) is 0.748. The second kappa shape index (κ2) is 6.95. The average molecular weight is 271 g/mol. The van der Waals surface area contributed by atoms with E-state index in [1.165, 1.54) is 18.4 Å². The highest BCUT2D eigenvalue weighted by molar-refractivity contribution is 7.13. The highest BCUT2D eigenvalue weighted by Gasteiger charge is 2.08. The SMILES string of the molecule is COC(=O)Cc1csc(NCC(=O)NC(C)C)n1. The van der Waals surface area contributed by atoms with Crippen molar-refractivity contribution in [3.8, 4) is 0 Å². The van der Waals surface area contributed by atoms with Crippen LogP contribution in [0.1, 0.15) is 19.5 Å². The van der Waals surface area contributed by atoms with Gasteiger partial charge in [-0.1, -0.05) is 0 Å². The van der Waals surface area contributed by atoms with E-state index in [0.29, 0.717) is 10.8 Å². The van der Waals surface area contributed by atoms with Crippen LogP contribution < -0.4 is 10.6 Å². The van der Waals surface area contributed by atoms with Crippen LogP contribution in [0.25, 0.3) is 0 Å². The third-order valence-electron chi connectivity index (χ3n) is 1.95. The molecule has 1 heterocycles. The van der Waals surface area contributed by atoms with Gasteiger partial charge in [0.25, 0.3) is 0 Å². The van der Waals surface area contributed by atoms with Crippen LogP contribution in [0.2, 0.25) is 0 Å². The molecular weight excluding hydrogens is 254 g/mol. The number of nitrogens with zero attached hydrogens (tertiary/aromatic N) is 1. The average Bonchev–Trinajstić information content (AvgIpc) is 2.73. The normalized spacial score (nSPS) is 10.2. The van der Waals surface area contributed by atoms with Crippen LogP contribution in [0.4, 0.5) is 5.13 Å². The molecule has 6 nitrogen and oxygen atoms in total. The molecule has 1 amide bonds. The summed E-state index contributed by atoms with van der Waals surface area (Å²) in [4.78, 5) is 26.6. The van der Waals surface area contributed by atoms with Crippen molar-refractivity contribution in [2.45, 2.75) is 26.3 Å². The first-order valence-electron chi connectivity index (χ1n) is 5.55. The zero-order valence-corrected chi connectivity index (χ0v) is 11.5. The van der Waals surface area contributed by atoms with Gasteiger partial charge in [0, 0.05) is 11.4 Å². The first kappa shape index (κ1) is 14.4. The monoisotopic (exact) mass is 271 g/mol. The van der Waals surface area contributed by atoms with E-state index < -0.39 is 0 Å². The topological polar surface area (TPSA) is 80.3 Å². The Morgan fingerprint density at radius 3 is 2.83 bits per heavy atom. The van der Waals surface area contributed by atoms with Crippen molar-refractivity contribution < 1.29 is 14.3 Å². The maximum atomic E-state index is 11.4. The van der Waals surface area contributed by atoms with Crippen molar-refractivity contribution in [1.82, 2.24) is 10.3 Å². The molecule has 1 aromatic heterocycles. The van der Waals surface area contributed by atoms with E-state index in [-0.39, 0.29) is 30.9 Å². The third kappa shape index (κ3) is 5.13. The minimum absolute atomic E-state index is 0.0882. The molecule has 0 aliphatic rings. The number of rotatable bonds is 6. The van der Waals surface area contributed by atoms with Gasteiger partial charge in [0.15, 0.2) is 5.13 Å². The molecule has 7 heteroatoms. The standard InChI is InChI=1S/C11H17N3O3S/c1-7(2)13-9(15)5-12-11-14-8(6-18-11)4-10(16)17-3/h6-7H,4-5H2,1-3H3,(H,12,14)(H,13,15). The molecular formula is C11H17N3O3S. The molecule has 100 valence electrons. The summed E-state index contributed by atoms with van der Waals surface area (Å²) in [6.07, 6.45) is 0.146. The maximum absolute atomic E-state index is 11.4. The molecule has 0 aromatic carbocycles. The molecule has 1 rings (SSSR count). The molecule has 0 spiro atoms. The molecule has 2 N–H and O–H groups in total. The minimum Gasteiger partial charge on any atom is -0.469 e. The summed E-state index contributed by atoms with van der Waals surface area (Å²) in [5, 5.41) is 8.05. The molecule has 0 atom stereocenters. The van der Waals surface area contributed by atoms with Gasteiger partial charge < -0.3 is 15.4 Å². The Balaban J connectivity index is 2.39. The number of carbonyl (C=O) groups is 2. The smallest absolute Gasteiger partial charge is 0.311 e. The zero-order chi connectivity index (χ0) is 13.5. The van der Waals surface area contributed by atoms with Crippen LogP contribution in [-0.4, -0.2) is 36.6 Å². The number of thiazole rings is 1. The molecule has 0 fully saturated rings. The summed E-state index contributed by atoms with van der Waals surface area (Å²) in [5.41, 5.74) is 0.638. The van der Waals surface area contributed by atoms with Gasteiger partial charge in [0.05, 0.1) is 25.8 Å². The van der Waals surface area contributed by atoms with E-state index in [1.54, 1.807) is 5.38 Å². The Kier molecular flexibility index (Phi) is 5.57. The van der Waals surface area contributed by atoms with E-state index >= 15 is 0 Å². The van der Waals surface area contributed by atoms with Gasteiger partial charge in [-0.25, -0.2) is 4.98 Å². The lowest BCUT2D eigenvalue weighted by atomic mass is 10.3. The molecule has 0 radical (unpaired) electrons. The second-order valence-corrected chi connectivity index (χ2v) is 4.83. The Morgan fingerprint density at radius 1 is 1.50 bits per heavy atom. The predicted molar refractivity (Wildman–Crippen MR) is 69.6 cm³/mol. The highest BCUT2D eigenvalue weighted by Crippen LogP contribution is 2.15. The van der Waals surface area contributed by atoms with Crippen LogP contribution in [0.15, 0.2) is 5.38 Å². The van der Waals surface area contributed by atoms with Crippen molar-refractivity contribution in [2.75, 3.05) is 19.0 Å².